The lowest BCUT2D eigenvalue weighted by molar-refractivity contribution is -0.141. The van der Waals surface area contributed by atoms with Gasteiger partial charge >= 0.3 is 6.18 Å². The normalized spacial score (nSPS) is 12.6. The number of aryl methyl sites for hydroxylation is 2. The van der Waals surface area contributed by atoms with Crippen LogP contribution in [-0.4, -0.2) is 34.3 Å². The van der Waals surface area contributed by atoms with Gasteiger partial charge in [-0.3, -0.25) is 4.68 Å². The number of rotatable bonds is 2. The minimum absolute atomic E-state index is 0.0283. The van der Waals surface area contributed by atoms with Crippen LogP contribution in [0.3, 0.4) is 0 Å². The highest BCUT2D eigenvalue weighted by atomic mass is 32.1. The summed E-state index contributed by atoms with van der Waals surface area (Å²) in [5.74, 6) is 0.351. The van der Waals surface area contributed by atoms with Gasteiger partial charge in [0.1, 0.15) is 22.4 Å². The molecule has 0 N–H and O–H groups in total. The number of alkyl halides is 3. The summed E-state index contributed by atoms with van der Waals surface area (Å²) in [5, 5.41) is 8.86. The van der Waals surface area contributed by atoms with Crippen LogP contribution >= 0.6 is 11.3 Å². The molecule has 5 rings (SSSR count). The van der Waals surface area contributed by atoms with Gasteiger partial charge in [-0.05, 0) is 31.5 Å². The lowest BCUT2D eigenvalue weighted by atomic mass is 10.1. The molecule has 0 aromatic carbocycles. The van der Waals surface area contributed by atoms with Crippen molar-refractivity contribution in [1.82, 2.24) is 34.3 Å². The Labute approximate surface area is 159 Å². The largest absolute Gasteiger partial charge is 0.435 e. The van der Waals surface area contributed by atoms with Crippen molar-refractivity contribution < 1.29 is 13.2 Å². The smallest absolute Gasteiger partial charge is 0.264 e. The zero-order valence-corrected chi connectivity index (χ0v) is 15.5. The zero-order chi connectivity index (χ0) is 19.6. The van der Waals surface area contributed by atoms with E-state index < -0.39 is 11.9 Å². The number of hydrogen-bond acceptors (Lipinski definition) is 6. The summed E-state index contributed by atoms with van der Waals surface area (Å²) in [6, 6.07) is 2.93. The maximum absolute atomic E-state index is 12.7. The highest BCUT2D eigenvalue weighted by Crippen LogP contribution is 2.35. The molecule has 0 bridgehead atoms. The fraction of sp³-hybridized carbons (Fsp3) is 0.235. The minimum atomic E-state index is -4.48. The third kappa shape index (κ3) is 2.61. The highest BCUT2D eigenvalue weighted by molar-refractivity contribution is 7.26. The van der Waals surface area contributed by atoms with E-state index in [2.05, 4.69) is 25.1 Å². The molecular formula is C17H12F3N7S. The lowest BCUT2D eigenvalue weighted by Gasteiger charge is -2.00. The van der Waals surface area contributed by atoms with Crippen LogP contribution in [0.5, 0.6) is 0 Å². The summed E-state index contributed by atoms with van der Waals surface area (Å²) >= 11 is 1.48. The molecule has 0 aliphatic heterocycles. The second-order valence-corrected chi connectivity index (χ2v) is 7.48. The van der Waals surface area contributed by atoms with Gasteiger partial charge in [0.2, 0.25) is 0 Å². The van der Waals surface area contributed by atoms with Gasteiger partial charge in [-0.2, -0.15) is 18.3 Å². The lowest BCUT2D eigenvalue weighted by Crippen LogP contribution is -2.09. The molecule has 5 aromatic rings. The molecule has 0 aliphatic carbocycles. The number of nitrogens with zero attached hydrogens (tertiary/aromatic N) is 7. The van der Waals surface area contributed by atoms with Gasteiger partial charge in [0.15, 0.2) is 17.2 Å². The second kappa shape index (κ2) is 5.71. The van der Waals surface area contributed by atoms with E-state index in [4.69, 9.17) is 0 Å². The van der Waals surface area contributed by atoms with Gasteiger partial charge in [0.25, 0.3) is 0 Å². The number of hydrogen-bond donors (Lipinski definition) is 0. The minimum Gasteiger partial charge on any atom is -0.264 e. The molecule has 28 heavy (non-hydrogen) atoms. The first kappa shape index (κ1) is 17.0. The first-order chi connectivity index (χ1) is 13.3. The van der Waals surface area contributed by atoms with Gasteiger partial charge in [0, 0.05) is 17.3 Å². The molecule has 0 unspecified atom stereocenters. The number of halogens is 3. The molecule has 0 saturated heterocycles. The molecule has 0 fully saturated rings. The molecule has 0 atom stereocenters. The summed E-state index contributed by atoms with van der Waals surface area (Å²) in [5.41, 5.74) is 2.47. The fourth-order valence-corrected chi connectivity index (χ4v) is 4.45. The Morgan fingerprint density at radius 2 is 1.96 bits per heavy atom. The van der Waals surface area contributed by atoms with Crippen molar-refractivity contribution in [2.45, 2.75) is 26.6 Å². The van der Waals surface area contributed by atoms with Crippen molar-refractivity contribution in [2.24, 2.45) is 0 Å². The Morgan fingerprint density at radius 3 is 2.71 bits per heavy atom. The van der Waals surface area contributed by atoms with Crippen LogP contribution in [0.1, 0.15) is 22.8 Å². The molecule has 7 nitrogen and oxygen atoms in total. The van der Waals surface area contributed by atoms with Crippen LogP contribution in [0.4, 0.5) is 13.2 Å². The zero-order valence-electron chi connectivity index (χ0n) is 14.7. The van der Waals surface area contributed by atoms with Gasteiger partial charge in [-0.25, -0.2) is 19.5 Å². The third-order valence-corrected chi connectivity index (χ3v) is 5.44. The van der Waals surface area contributed by atoms with Crippen molar-refractivity contribution in [3.8, 4) is 0 Å². The maximum atomic E-state index is 12.7. The molecule has 0 aliphatic rings. The molecule has 11 heteroatoms. The van der Waals surface area contributed by atoms with Gasteiger partial charge in [-0.15, -0.1) is 16.4 Å². The topological polar surface area (TPSA) is 73.8 Å². The Hall–Kier alpha value is -3.08. The van der Waals surface area contributed by atoms with E-state index in [1.165, 1.54) is 26.7 Å². The Bertz CT molecular complexity index is 1360. The van der Waals surface area contributed by atoms with E-state index in [0.29, 0.717) is 11.5 Å². The average molecular weight is 403 g/mol. The van der Waals surface area contributed by atoms with Crippen LogP contribution in [0.25, 0.3) is 26.1 Å². The Kier molecular flexibility index (Phi) is 3.48. The molecule has 5 aromatic heterocycles. The highest BCUT2D eigenvalue weighted by Gasteiger charge is 2.33. The van der Waals surface area contributed by atoms with Crippen molar-refractivity contribution in [1.29, 1.82) is 0 Å². The molecule has 142 valence electrons. The summed E-state index contributed by atoms with van der Waals surface area (Å²) in [6.07, 6.45) is -1.66. The van der Waals surface area contributed by atoms with E-state index >= 15 is 0 Å². The third-order valence-electron chi connectivity index (χ3n) is 4.37. The molecule has 0 saturated carbocycles. The molecule has 0 amide bonds. The number of fused-ring (bicyclic) bond motifs is 5. The van der Waals surface area contributed by atoms with E-state index in [0.717, 1.165) is 37.8 Å². The van der Waals surface area contributed by atoms with Crippen LogP contribution < -0.4 is 0 Å². The fourth-order valence-electron chi connectivity index (χ4n) is 3.23. The van der Waals surface area contributed by atoms with E-state index in [-0.39, 0.29) is 6.54 Å². The van der Waals surface area contributed by atoms with Gasteiger partial charge in [-0.1, -0.05) is 0 Å². The average Bonchev–Trinajstić information content (AvgIpc) is 3.29. The first-order valence-corrected chi connectivity index (χ1v) is 9.12. The monoisotopic (exact) mass is 403 g/mol. The van der Waals surface area contributed by atoms with Crippen LogP contribution in [0, 0.1) is 13.8 Å². The summed E-state index contributed by atoms with van der Waals surface area (Å²) in [6.45, 7) is 3.98. The van der Waals surface area contributed by atoms with E-state index in [1.54, 1.807) is 6.33 Å². The second-order valence-electron chi connectivity index (χ2n) is 6.48. The molecule has 5 heterocycles. The Balaban J connectivity index is 1.62. The van der Waals surface area contributed by atoms with Gasteiger partial charge in [0.05, 0.1) is 5.52 Å². The number of thiophene rings is 1. The standard InChI is InChI=1S/C17H12F3N7S/c1-8-5-9(2)22-16-12(8)13-14(28-16)15-23-11(25-27(15)7-21-13)6-26-4-3-10(24-26)17(18,19)20/h3-5,7H,6H2,1-2H3. The van der Waals surface area contributed by atoms with E-state index in [9.17, 15) is 13.2 Å². The van der Waals surface area contributed by atoms with Crippen LogP contribution in [-0.2, 0) is 12.7 Å². The first-order valence-electron chi connectivity index (χ1n) is 8.31. The molecular weight excluding hydrogens is 391 g/mol. The predicted octanol–water partition coefficient (Wildman–Crippen LogP) is 3.77. The van der Waals surface area contributed by atoms with Gasteiger partial charge < -0.3 is 0 Å². The quantitative estimate of drug-likeness (QED) is 0.449. The molecule has 0 radical (unpaired) electrons. The molecule has 0 spiro atoms. The van der Waals surface area contributed by atoms with Crippen LogP contribution in [0.2, 0.25) is 0 Å². The number of aromatic nitrogens is 7. The predicted molar refractivity (Wildman–Crippen MR) is 97.3 cm³/mol. The number of pyridine rings is 1. The summed E-state index contributed by atoms with van der Waals surface area (Å²) < 4.78 is 41.7. The van der Waals surface area contributed by atoms with Crippen molar-refractivity contribution in [2.75, 3.05) is 0 Å². The maximum Gasteiger partial charge on any atom is 0.435 e. The summed E-state index contributed by atoms with van der Waals surface area (Å²) in [4.78, 5) is 14.5. The Morgan fingerprint density at radius 1 is 1.14 bits per heavy atom. The van der Waals surface area contributed by atoms with Crippen LogP contribution in [0.15, 0.2) is 24.7 Å². The van der Waals surface area contributed by atoms with Crippen molar-refractivity contribution >= 4 is 37.4 Å². The van der Waals surface area contributed by atoms with E-state index in [1.807, 2.05) is 19.9 Å². The SMILES string of the molecule is Cc1cc(C)c2c(n1)sc1c2ncn2nc(Cn3ccc(C(F)(F)F)n3)nc12. The van der Waals surface area contributed by atoms with Crippen molar-refractivity contribution in [3.05, 3.63) is 47.4 Å². The summed E-state index contributed by atoms with van der Waals surface area (Å²) in [7, 11) is 0. The van der Waals surface area contributed by atoms with Crippen molar-refractivity contribution in [3.63, 3.8) is 0 Å².